The number of hydrogen-bond donors (Lipinski definition) is 1. The average Bonchev–Trinajstić information content (AvgIpc) is 2.72. The van der Waals surface area contributed by atoms with Gasteiger partial charge in [0.2, 0.25) is 0 Å². The number of hydrogen-bond acceptors (Lipinski definition) is 4. The summed E-state index contributed by atoms with van der Waals surface area (Å²) < 4.78 is 0. The molecule has 0 unspecified atom stereocenters. The van der Waals surface area contributed by atoms with Gasteiger partial charge in [0.05, 0.1) is 0 Å². The van der Waals surface area contributed by atoms with Crippen LogP contribution in [0.2, 0.25) is 0 Å². The zero-order chi connectivity index (χ0) is 13.0. The van der Waals surface area contributed by atoms with Gasteiger partial charge in [-0.25, -0.2) is 4.98 Å². The van der Waals surface area contributed by atoms with E-state index in [-0.39, 0.29) is 24.4 Å². The van der Waals surface area contributed by atoms with Crippen LogP contribution < -0.4 is 5.73 Å². The molecule has 0 aliphatic rings. The Kier molecular flexibility index (Phi) is 7.43. The first-order chi connectivity index (χ1) is 7.95. The fourth-order valence-corrected chi connectivity index (χ4v) is 2.22. The Labute approximate surface area is 119 Å². The molecule has 1 rings (SSSR count). The summed E-state index contributed by atoms with van der Waals surface area (Å²) in [6.07, 6.45) is 0. The molecule has 0 spiro atoms. The molecule has 4 nitrogen and oxygen atoms in total. The number of nitrogens with two attached hydrogens (primary N) is 1. The molecule has 1 aromatic heterocycles. The summed E-state index contributed by atoms with van der Waals surface area (Å²) in [5.74, 6) is 0.457. The Morgan fingerprint density at radius 2 is 2.06 bits per heavy atom. The second kappa shape index (κ2) is 7.71. The molecule has 18 heavy (non-hydrogen) atoms. The van der Waals surface area contributed by atoms with E-state index >= 15 is 0 Å². The Balaban J connectivity index is 0.00000289. The third kappa shape index (κ3) is 4.55. The molecular formula is C12H22ClN3OS. The standard InChI is InChI=1S/C12H21N3OS.ClH/c1-8(2)6-15(9(3)4)12(16)10-7-17-11(5-13)14-10;/h7-9H,5-6,13H2,1-4H3;1H. The average molecular weight is 292 g/mol. The molecule has 0 aliphatic carbocycles. The summed E-state index contributed by atoms with van der Waals surface area (Å²) in [5, 5.41) is 2.60. The molecule has 2 N–H and O–H groups in total. The minimum atomic E-state index is 0. The fraction of sp³-hybridized carbons (Fsp3) is 0.667. The molecule has 0 aliphatic heterocycles. The molecule has 104 valence electrons. The van der Waals surface area contributed by atoms with E-state index in [1.807, 2.05) is 18.7 Å². The zero-order valence-corrected chi connectivity index (χ0v) is 13.0. The highest BCUT2D eigenvalue weighted by Crippen LogP contribution is 2.14. The topological polar surface area (TPSA) is 59.2 Å². The van der Waals surface area contributed by atoms with Gasteiger partial charge in [-0.2, -0.15) is 0 Å². The lowest BCUT2D eigenvalue weighted by Crippen LogP contribution is -2.39. The maximum atomic E-state index is 12.3. The molecule has 6 heteroatoms. The normalized spacial score (nSPS) is 10.6. The summed E-state index contributed by atoms with van der Waals surface area (Å²) in [6.45, 7) is 9.41. The zero-order valence-electron chi connectivity index (χ0n) is 11.3. The quantitative estimate of drug-likeness (QED) is 0.907. The van der Waals surface area contributed by atoms with E-state index in [4.69, 9.17) is 5.73 Å². The van der Waals surface area contributed by atoms with Crippen LogP contribution >= 0.6 is 23.7 Å². The van der Waals surface area contributed by atoms with Crippen molar-refractivity contribution in [2.75, 3.05) is 6.54 Å². The maximum Gasteiger partial charge on any atom is 0.273 e. The third-order valence-electron chi connectivity index (χ3n) is 2.39. The highest BCUT2D eigenvalue weighted by molar-refractivity contribution is 7.09. The van der Waals surface area contributed by atoms with Crippen LogP contribution in [-0.2, 0) is 6.54 Å². The van der Waals surface area contributed by atoms with Crippen LogP contribution in [0.5, 0.6) is 0 Å². The monoisotopic (exact) mass is 291 g/mol. The molecule has 0 radical (unpaired) electrons. The van der Waals surface area contributed by atoms with Gasteiger partial charge in [-0.3, -0.25) is 4.79 Å². The summed E-state index contributed by atoms with van der Waals surface area (Å²) in [6, 6.07) is 0.188. The number of amides is 1. The SMILES string of the molecule is CC(C)CN(C(=O)c1csc(CN)n1)C(C)C.Cl. The minimum absolute atomic E-state index is 0. The van der Waals surface area contributed by atoms with Crippen molar-refractivity contribution in [2.45, 2.75) is 40.3 Å². The summed E-state index contributed by atoms with van der Waals surface area (Å²) in [4.78, 5) is 18.4. The van der Waals surface area contributed by atoms with Crippen molar-refractivity contribution in [3.05, 3.63) is 16.1 Å². The molecule has 0 atom stereocenters. The molecule has 1 amide bonds. The number of halogens is 1. The summed E-state index contributed by atoms with van der Waals surface area (Å²) in [5.41, 5.74) is 6.02. The van der Waals surface area contributed by atoms with Crippen molar-refractivity contribution >= 4 is 29.7 Å². The number of carbonyl (C=O) groups is 1. The third-order valence-corrected chi connectivity index (χ3v) is 3.26. The van der Waals surface area contributed by atoms with Crippen LogP contribution in [0, 0.1) is 5.92 Å². The predicted molar refractivity (Wildman–Crippen MR) is 78.3 cm³/mol. The Morgan fingerprint density at radius 1 is 1.44 bits per heavy atom. The van der Waals surface area contributed by atoms with Gasteiger partial charge in [0.15, 0.2) is 0 Å². The van der Waals surface area contributed by atoms with Gasteiger partial charge in [-0.1, -0.05) is 13.8 Å². The second-order valence-corrected chi connectivity index (χ2v) is 5.72. The molecule has 0 bridgehead atoms. The van der Waals surface area contributed by atoms with Crippen molar-refractivity contribution < 1.29 is 4.79 Å². The van der Waals surface area contributed by atoms with E-state index in [2.05, 4.69) is 18.8 Å². The van der Waals surface area contributed by atoms with Gasteiger partial charge in [0.1, 0.15) is 10.7 Å². The first-order valence-corrected chi connectivity index (χ1v) is 6.79. The lowest BCUT2D eigenvalue weighted by molar-refractivity contribution is 0.0676. The fourth-order valence-electron chi connectivity index (χ4n) is 1.57. The first kappa shape index (κ1) is 17.4. The van der Waals surface area contributed by atoms with Crippen LogP contribution in [0.4, 0.5) is 0 Å². The summed E-state index contributed by atoms with van der Waals surface area (Å²) in [7, 11) is 0. The highest BCUT2D eigenvalue weighted by Gasteiger charge is 2.21. The van der Waals surface area contributed by atoms with Crippen LogP contribution in [0.1, 0.15) is 43.2 Å². The molecule has 0 saturated heterocycles. The van der Waals surface area contributed by atoms with Crippen LogP contribution in [0.25, 0.3) is 0 Å². The lowest BCUT2D eigenvalue weighted by Gasteiger charge is -2.27. The Morgan fingerprint density at radius 3 is 2.44 bits per heavy atom. The number of aromatic nitrogens is 1. The van der Waals surface area contributed by atoms with E-state index in [9.17, 15) is 4.79 Å². The van der Waals surface area contributed by atoms with Gasteiger partial charge >= 0.3 is 0 Å². The second-order valence-electron chi connectivity index (χ2n) is 4.78. The molecule has 0 aromatic carbocycles. The largest absolute Gasteiger partial charge is 0.335 e. The van der Waals surface area contributed by atoms with Crippen molar-refractivity contribution in [3.63, 3.8) is 0 Å². The Bertz CT molecular complexity index is 379. The van der Waals surface area contributed by atoms with Crippen molar-refractivity contribution in [2.24, 2.45) is 11.7 Å². The van der Waals surface area contributed by atoms with Gasteiger partial charge in [-0.05, 0) is 19.8 Å². The van der Waals surface area contributed by atoms with Crippen molar-refractivity contribution in [3.8, 4) is 0 Å². The van der Waals surface area contributed by atoms with E-state index < -0.39 is 0 Å². The van der Waals surface area contributed by atoms with Gasteiger partial charge in [-0.15, -0.1) is 23.7 Å². The van der Waals surface area contributed by atoms with E-state index in [0.717, 1.165) is 11.6 Å². The number of nitrogens with zero attached hydrogens (tertiary/aromatic N) is 2. The first-order valence-electron chi connectivity index (χ1n) is 5.91. The Hall–Kier alpha value is -0.650. The van der Waals surface area contributed by atoms with E-state index in [1.54, 1.807) is 5.38 Å². The van der Waals surface area contributed by atoms with Gasteiger partial charge in [0, 0.05) is 24.5 Å². The van der Waals surface area contributed by atoms with Gasteiger partial charge < -0.3 is 10.6 Å². The number of thiazole rings is 1. The number of rotatable bonds is 5. The highest BCUT2D eigenvalue weighted by atomic mass is 35.5. The number of carbonyl (C=O) groups excluding carboxylic acids is 1. The lowest BCUT2D eigenvalue weighted by atomic mass is 10.1. The van der Waals surface area contributed by atoms with E-state index in [1.165, 1.54) is 11.3 Å². The van der Waals surface area contributed by atoms with Crippen molar-refractivity contribution in [1.29, 1.82) is 0 Å². The van der Waals surface area contributed by atoms with Gasteiger partial charge in [0.25, 0.3) is 5.91 Å². The van der Waals surface area contributed by atoms with E-state index in [0.29, 0.717) is 18.2 Å². The molecule has 0 fully saturated rings. The predicted octanol–water partition coefficient (Wildman–Crippen LogP) is 2.53. The van der Waals surface area contributed by atoms with Crippen LogP contribution in [-0.4, -0.2) is 28.4 Å². The van der Waals surface area contributed by atoms with Crippen molar-refractivity contribution in [1.82, 2.24) is 9.88 Å². The smallest absolute Gasteiger partial charge is 0.273 e. The summed E-state index contributed by atoms with van der Waals surface area (Å²) >= 11 is 1.44. The molecule has 0 saturated carbocycles. The van der Waals surface area contributed by atoms with Crippen LogP contribution in [0.3, 0.4) is 0 Å². The maximum absolute atomic E-state index is 12.3. The molecular weight excluding hydrogens is 270 g/mol. The molecule has 1 aromatic rings. The minimum Gasteiger partial charge on any atom is -0.335 e. The van der Waals surface area contributed by atoms with Crippen LogP contribution in [0.15, 0.2) is 5.38 Å². The molecule has 1 heterocycles.